The van der Waals surface area contributed by atoms with E-state index in [1.807, 2.05) is 36.4 Å². The van der Waals surface area contributed by atoms with Crippen molar-refractivity contribution in [1.29, 1.82) is 0 Å². The number of hydrogen-bond donors (Lipinski definition) is 0. The average molecular weight is 355 g/mol. The Morgan fingerprint density at radius 2 is 1.76 bits per heavy atom. The van der Waals surface area contributed by atoms with Crippen LogP contribution in [0.25, 0.3) is 11.3 Å². The van der Waals surface area contributed by atoms with Gasteiger partial charge >= 0.3 is 0 Å². The van der Waals surface area contributed by atoms with Crippen LogP contribution in [0, 0.1) is 0 Å². The van der Waals surface area contributed by atoms with Gasteiger partial charge < -0.3 is 13.9 Å². The Kier molecular flexibility index (Phi) is 4.20. The van der Waals surface area contributed by atoms with Gasteiger partial charge in [0, 0.05) is 29.0 Å². The molecule has 0 saturated heterocycles. The zero-order chi connectivity index (χ0) is 17.2. The second-order valence-electron chi connectivity index (χ2n) is 5.76. The van der Waals surface area contributed by atoms with Crippen molar-refractivity contribution in [1.82, 2.24) is 0 Å². The van der Waals surface area contributed by atoms with Crippen LogP contribution in [-0.2, 0) is 6.42 Å². The molecule has 2 heterocycles. The van der Waals surface area contributed by atoms with E-state index in [-0.39, 0.29) is 12.6 Å². The number of ether oxygens (including phenoxy) is 2. The normalized spacial score (nSPS) is 12.4. The van der Waals surface area contributed by atoms with E-state index in [1.54, 1.807) is 18.2 Å². The number of carbonyl (C=O) groups excluding carboxylic acids is 1. The van der Waals surface area contributed by atoms with Crippen molar-refractivity contribution in [3.63, 3.8) is 0 Å². The lowest BCUT2D eigenvalue weighted by atomic mass is 10.1. The van der Waals surface area contributed by atoms with Gasteiger partial charge in [-0.3, -0.25) is 4.79 Å². The van der Waals surface area contributed by atoms with Crippen LogP contribution in [-0.4, -0.2) is 12.6 Å². The molecule has 1 aliphatic heterocycles. The summed E-state index contributed by atoms with van der Waals surface area (Å²) < 4.78 is 16.4. The Morgan fingerprint density at radius 3 is 2.60 bits per heavy atom. The maximum Gasteiger partial charge on any atom is 0.231 e. The standard InChI is InChI=1S/C20H15ClO4/c21-15-4-1-13(2-5-15)18-10-7-16(25-18)6-8-17(22)14-3-9-19-20(11-14)24-12-23-19/h1-5,7,9-11H,6,8,12H2. The molecule has 4 nitrogen and oxygen atoms in total. The Labute approximate surface area is 149 Å². The summed E-state index contributed by atoms with van der Waals surface area (Å²) in [7, 11) is 0. The predicted octanol–water partition coefficient (Wildman–Crippen LogP) is 5.14. The van der Waals surface area contributed by atoms with E-state index < -0.39 is 0 Å². The zero-order valence-corrected chi connectivity index (χ0v) is 14.1. The summed E-state index contributed by atoms with van der Waals surface area (Å²) in [6.45, 7) is 0.201. The third-order valence-electron chi connectivity index (χ3n) is 4.08. The molecule has 0 fully saturated rings. The largest absolute Gasteiger partial charge is 0.461 e. The van der Waals surface area contributed by atoms with E-state index >= 15 is 0 Å². The number of furan rings is 1. The van der Waals surface area contributed by atoms with Crippen LogP contribution in [0.2, 0.25) is 5.02 Å². The van der Waals surface area contributed by atoms with Gasteiger partial charge in [0.1, 0.15) is 11.5 Å². The highest BCUT2D eigenvalue weighted by atomic mass is 35.5. The predicted molar refractivity (Wildman–Crippen MR) is 94.4 cm³/mol. The highest BCUT2D eigenvalue weighted by Crippen LogP contribution is 2.33. The molecule has 0 radical (unpaired) electrons. The fourth-order valence-electron chi connectivity index (χ4n) is 2.73. The van der Waals surface area contributed by atoms with E-state index in [9.17, 15) is 4.79 Å². The molecule has 1 aromatic heterocycles. The Morgan fingerprint density at radius 1 is 0.960 bits per heavy atom. The van der Waals surface area contributed by atoms with Gasteiger partial charge in [0.25, 0.3) is 0 Å². The van der Waals surface area contributed by atoms with Crippen molar-refractivity contribution in [2.24, 2.45) is 0 Å². The number of aryl methyl sites for hydroxylation is 1. The van der Waals surface area contributed by atoms with Crippen LogP contribution in [0.1, 0.15) is 22.5 Å². The Bertz CT molecular complexity index is 912. The lowest BCUT2D eigenvalue weighted by Gasteiger charge is -2.02. The summed E-state index contributed by atoms with van der Waals surface area (Å²) in [6.07, 6.45) is 0.911. The number of carbonyl (C=O) groups is 1. The SMILES string of the molecule is O=C(CCc1ccc(-c2ccc(Cl)cc2)o1)c1ccc2c(c1)OCO2. The van der Waals surface area contributed by atoms with Crippen molar-refractivity contribution in [2.75, 3.05) is 6.79 Å². The summed E-state index contributed by atoms with van der Waals surface area (Å²) in [5.41, 5.74) is 1.58. The first-order valence-corrected chi connectivity index (χ1v) is 8.34. The molecule has 0 N–H and O–H groups in total. The first-order chi connectivity index (χ1) is 12.2. The van der Waals surface area contributed by atoms with Gasteiger partial charge in [-0.15, -0.1) is 0 Å². The quantitative estimate of drug-likeness (QED) is 0.595. The van der Waals surface area contributed by atoms with Crippen molar-refractivity contribution in [3.05, 3.63) is 70.9 Å². The van der Waals surface area contributed by atoms with Crippen LogP contribution in [0.15, 0.2) is 59.0 Å². The maximum atomic E-state index is 12.4. The number of Topliss-reactive ketones (excluding diaryl/α,β-unsaturated/α-hetero) is 1. The second kappa shape index (κ2) is 6.65. The second-order valence-corrected chi connectivity index (χ2v) is 6.20. The van der Waals surface area contributed by atoms with E-state index in [1.165, 1.54) is 0 Å². The van der Waals surface area contributed by atoms with E-state index in [2.05, 4.69) is 0 Å². The molecular weight excluding hydrogens is 340 g/mol. The summed E-state index contributed by atoms with van der Waals surface area (Å²) >= 11 is 5.90. The highest BCUT2D eigenvalue weighted by molar-refractivity contribution is 6.30. The lowest BCUT2D eigenvalue weighted by Crippen LogP contribution is -2.00. The number of halogens is 1. The first kappa shape index (κ1) is 15.8. The molecule has 4 rings (SSSR count). The van der Waals surface area contributed by atoms with Crippen molar-refractivity contribution < 1.29 is 18.7 Å². The molecule has 0 aliphatic carbocycles. The Hall–Kier alpha value is -2.72. The van der Waals surface area contributed by atoms with Gasteiger partial charge in [-0.2, -0.15) is 0 Å². The smallest absolute Gasteiger partial charge is 0.231 e. The van der Waals surface area contributed by atoms with E-state index in [0.29, 0.717) is 34.9 Å². The molecular formula is C20H15ClO4. The molecule has 2 aromatic carbocycles. The molecule has 25 heavy (non-hydrogen) atoms. The molecule has 0 unspecified atom stereocenters. The minimum atomic E-state index is 0.0442. The summed E-state index contributed by atoms with van der Waals surface area (Å²) in [5, 5.41) is 0.685. The van der Waals surface area contributed by atoms with Crippen molar-refractivity contribution in [3.8, 4) is 22.8 Å². The van der Waals surface area contributed by atoms with Gasteiger partial charge in [-0.25, -0.2) is 0 Å². The van der Waals surface area contributed by atoms with Gasteiger partial charge in [-0.05, 0) is 54.6 Å². The van der Waals surface area contributed by atoms with Crippen LogP contribution in [0.4, 0.5) is 0 Å². The van der Waals surface area contributed by atoms with Crippen LogP contribution < -0.4 is 9.47 Å². The maximum absolute atomic E-state index is 12.4. The van der Waals surface area contributed by atoms with Gasteiger partial charge in [-0.1, -0.05) is 11.6 Å². The first-order valence-electron chi connectivity index (χ1n) is 7.96. The van der Waals surface area contributed by atoms with E-state index in [4.69, 9.17) is 25.5 Å². The molecule has 0 saturated carbocycles. The molecule has 0 spiro atoms. The van der Waals surface area contributed by atoms with Crippen molar-refractivity contribution >= 4 is 17.4 Å². The van der Waals surface area contributed by atoms with Gasteiger partial charge in [0.05, 0.1) is 0 Å². The van der Waals surface area contributed by atoms with Gasteiger partial charge in [0.15, 0.2) is 17.3 Å². The molecule has 1 aliphatic rings. The summed E-state index contributed by atoms with van der Waals surface area (Å²) in [5.74, 6) is 2.88. The Balaban J connectivity index is 1.41. The minimum absolute atomic E-state index is 0.0442. The lowest BCUT2D eigenvalue weighted by molar-refractivity contribution is 0.0980. The van der Waals surface area contributed by atoms with Gasteiger partial charge in [0.2, 0.25) is 6.79 Å². The zero-order valence-electron chi connectivity index (χ0n) is 13.3. The number of rotatable bonds is 5. The number of benzene rings is 2. The molecule has 5 heteroatoms. The van der Waals surface area contributed by atoms with Crippen molar-refractivity contribution in [2.45, 2.75) is 12.8 Å². The molecule has 0 bridgehead atoms. The average Bonchev–Trinajstić information content (AvgIpc) is 3.29. The third-order valence-corrected chi connectivity index (χ3v) is 4.34. The van der Waals surface area contributed by atoms with Crippen LogP contribution in [0.5, 0.6) is 11.5 Å². The number of ketones is 1. The molecule has 0 amide bonds. The highest BCUT2D eigenvalue weighted by Gasteiger charge is 2.16. The van der Waals surface area contributed by atoms with E-state index in [0.717, 1.165) is 17.1 Å². The minimum Gasteiger partial charge on any atom is -0.461 e. The number of fused-ring (bicyclic) bond motifs is 1. The third kappa shape index (κ3) is 3.39. The molecule has 3 aromatic rings. The monoisotopic (exact) mass is 354 g/mol. The topological polar surface area (TPSA) is 48.7 Å². The molecule has 0 atom stereocenters. The summed E-state index contributed by atoms with van der Waals surface area (Å²) in [6, 6.07) is 16.5. The van der Waals surface area contributed by atoms with Crippen LogP contribution >= 0.6 is 11.6 Å². The van der Waals surface area contributed by atoms with Crippen LogP contribution in [0.3, 0.4) is 0 Å². The summed E-state index contributed by atoms with van der Waals surface area (Å²) in [4.78, 5) is 12.4. The fraction of sp³-hybridized carbons (Fsp3) is 0.150. The molecule has 126 valence electrons. The fourth-order valence-corrected chi connectivity index (χ4v) is 2.86. The number of hydrogen-bond acceptors (Lipinski definition) is 4.